The number of benzene rings is 2. The van der Waals surface area contributed by atoms with Crippen molar-refractivity contribution in [3.8, 4) is 33.8 Å². The Kier molecular flexibility index (Phi) is 6.03. The minimum Gasteiger partial charge on any atom is -0.502 e. The Morgan fingerprint density at radius 1 is 0.568 bits per heavy atom. The number of phenolic OH excluding ortho intramolecular Hbond substituents is 2. The van der Waals surface area contributed by atoms with E-state index in [1.165, 1.54) is 24.3 Å². The van der Waals surface area contributed by atoms with E-state index in [0.29, 0.717) is 67.1 Å². The van der Waals surface area contributed by atoms with E-state index in [4.69, 9.17) is 9.97 Å². The van der Waals surface area contributed by atoms with Crippen LogP contribution in [-0.4, -0.2) is 40.0 Å². The van der Waals surface area contributed by atoms with Gasteiger partial charge in [0.1, 0.15) is 0 Å². The van der Waals surface area contributed by atoms with Gasteiger partial charge in [-0.15, -0.1) is 0 Å². The predicted octanol–water partition coefficient (Wildman–Crippen LogP) is 7.22. The molecule has 44 heavy (non-hydrogen) atoms. The Balaban J connectivity index is 1.53. The first-order valence-corrected chi connectivity index (χ1v) is 13.3. The van der Waals surface area contributed by atoms with Gasteiger partial charge in [-0.05, 0) is 84.0 Å². The minimum atomic E-state index is -0.635. The number of nitro benzene ring substituents is 2. The summed E-state index contributed by atoms with van der Waals surface area (Å²) in [7, 11) is 0. The normalized spacial score (nSPS) is 12.0. The number of nitro groups is 2. The number of fused-ring (bicyclic) bond motifs is 8. The zero-order valence-corrected chi connectivity index (χ0v) is 22.6. The van der Waals surface area contributed by atoms with Crippen molar-refractivity contribution in [1.29, 1.82) is 0 Å². The van der Waals surface area contributed by atoms with Crippen molar-refractivity contribution in [3.63, 3.8) is 0 Å². The largest absolute Gasteiger partial charge is 0.502 e. The van der Waals surface area contributed by atoms with Gasteiger partial charge in [0.05, 0.1) is 32.6 Å². The highest BCUT2D eigenvalue weighted by Gasteiger charge is 2.20. The lowest BCUT2D eigenvalue weighted by atomic mass is 10.0. The Bertz CT molecular complexity index is 2120. The van der Waals surface area contributed by atoms with E-state index in [1.54, 1.807) is 12.1 Å². The summed E-state index contributed by atoms with van der Waals surface area (Å²) in [5, 5.41) is 43.3. The van der Waals surface area contributed by atoms with Gasteiger partial charge < -0.3 is 20.2 Å². The van der Waals surface area contributed by atoms with Crippen LogP contribution in [0.4, 0.5) is 11.4 Å². The molecule has 0 spiro atoms. The van der Waals surface area contributed by atoms with Gasteiger partial charge in [0, 0.05) is 45.3 Å². The van der Waals surface area contributed by atoms with Gasteiger partial charge in [0.25, 0.3) is 0 Å². The van der Waals surface area contributed by atoms with Crippen LogP contribution in [-0.2, 0) is 0 Å². The second kappa shape index (κ2) is 10.1. The predicted molar refractivity (Wildman–Crippen MR) is 166 cm³/mol. The van der Waals surface area contributed by atoms with Crippen LogP contribution in [0.1, 0.15) is 22.8 Å². The molecule has 7 rings (SSSR count). The fourth-order valence-corrected chi connectivity index (χ4v) is 5.33. The van der Waals surface area contributed by atoms with Gasteiger partial charge in [-0.3, -0.25) is 20.2 Å². The first-order valence-electron chi connectivity index (χ1n) is 13.3. The maximum absolute atomic E-state index is 11.6. The highest BCUT2D eigenvalue weighted by atomic mass is 16.6. The summed E-state index contributed by atoms with van der Waals surface area (Å²) in [5.41, 5.74) is 6.38. The summed E-state index contributed by atoms with van der Waals surface area (Å²) in [6, 6.07) is 19.4. The Morgan fingerprint density at radius 2 is 1.00 bits per heavy atom. The van der Waals surface area contributed by atoms with Crippen LogP contribution in [0.2, 0.25) is 0 Å². The average Bonchev–Trinajstić information content (AvgIpc) is 3.81. The number of phenols is 2. The van der Waals surface area contributed by atoms with E-state index in [9.17, 15) is 30.4 Å². The second-order valence-corrected chi connectivity index (χ2v) is 10.1. The molecule has 0 fully saturated rings. The molecular weight excluding hydrogens is 564 g/mol. The van der Waals surface area contributed by atoms with Crippen LogP contribution in [0.25, 0.3) is 68.6 Å². The van der Waals surface area contributed by atoms with Crippen LogP contribution >= 0.6 is 0 Å². The van der Waals surface area contributed by atoms with Crippen molar-refractivity contribution in [1.82, 2.24) is 19.9 Å². The molecule has 4 N–H and O–H groups in total. The standard InChI is InChI=1S/C32H20N6O6/c39-29-11-1-17(13-27(29)37(41)42)31-23-7-3-19(33-23)15-21-5-9-25(35-21)32(18-2-12-30(40)28(14-18)38(43)44)26-10-6-22(36-26)16-20-4-8-24(31)34-20/h1-16,33,36,39-40H. The summed E-state index contributed by atoms with van der Waals surface area (Å²) in [6.45, 7) is 0. The number of H-pyrrole nitrogens is 2. The van der Waals surface area contributed by atoms with Gasteiger partial charge in [-0.25, -0.2) is 9.97 Å². The van der Waals surface area contributed by atoms with Crippen LogP contribution in [0.3, 0.4) is 0 Å². The molecule has 5 aromatic rings. The fraction of sp³-hybridized carbons (Fsp3) is 0. The maximum Gasteiger partial charge on any atom is 0.311 e. The van der Waals surface area contributed by atoms with E-state index >= 15 is 0 Å². The number of aromatic amines is 2. The molecule has 8 bridgehead atoms. The summed E-state index contributed by atoms with van der Waals surface area (Å²) in [5.74, 6) is -0.868. The number of hydrogen-bond donors (Lipinski definition) is 4. The van der Waals surface area contributed by atoms with Crippen molar-refractivity contribution in [2.75, 3.05) is 0 Å². The van der Waals surface area contributed by atoms with E-state index in [0.717, 1.165) is 0 Å². The molecule has 0 amide bonds. The number of hydrogen-bond acceptors (Lipinski definition) is 8. The zero-order valence-electron chi connectivity index (χ0n) is 22.6. The van der Waals surface area contributed by atoms with Gasteiger partial charge >= 0.3 is 11.4 Å². The molecule has 3 aromatic heterocycles. The fourth-order valence-electron chi connectivity index (χ4n) is 5.33. The molecule has 214 valence electrons. The topological polar surface area (TPSA) is 184 Å². The third-order valence-electron chi connectivity index (χ3n) is 7.32. The number of aromatic nitrogens is 4. The molecule has 5 heterocycles. The summed E-state index contributed by atoms with van der Waals surface area (Å²) >= 11 is 0. The van der Waals surface area contributed by atoms with Crippen molar-refractivity contribution in [3.05, 3.63) is 116 Å². The van der Waals surface area contributed by atoms with Gasteiger partial charge in [0.2, 0.25) is 0 Å². The molecule has 2 aliphatic heterocycles. The van der Waals surface area contributed by atoms with Crippen molar-refractivity contribution in [2.45, 2.75) is 0 Å². The molecule has 0 unspecified atom stereocenters. The van der Waals surface area contributed by atoms with Crippen molar-refractivity contribution >= 4 is 57.7 Å². The Hall–Kier alpha value is -6.56. The Morgan fingerprint density at radius 3 is 1.41 bits per heavy atom. The lowest BCUT2D eigenvalue weighted by Gasteiger charge is -2.05. The lowest BCUT2D eigenvalue weighted by molar-refractivity contribution is -0.385. The third-order valence-corrected chi connectivity index (χ3v) is 7.32. The molecule has 2 aromatic carbocycles. The number of rotatable bonds is 4. The molecule has 0 radical (unpaired) electrons. The van der Waals surface area contributed by atoms with Crippen molar-refractivity contribution in [2.24, 2.45) is 0 Å². The quantitative estimate of drug-likeness (QED) is 0.123. The second-order valence-electron chi connectivity index (χ2n) is 10.1. The minimum absolute atomic E-state index is 0.419. The van der Waals surface area contributed by atoms with Gasteiger partial charge in [0.15, 0.2) is 11.5 Å². The molecule has 12 nitrogen and oxygen atoms in total. The maximum atomic E-state index is 11.6. The summed E-state index contributed by atoms with van der Waals surface area (Å²) < 4.78 is 0. The van der Waals surface area contributed by atoms with E-state index in [2.05, 4.69) is 9.97 Å². The highest BCUT2D eigenvalue weighted by molar-refractivity contribution is 5.94. The molecule has 0 saturated carbocycles. The summed E-state index contributed by atoms with van der Waals surface area (Å²) in [4.78, 5) is 38.2. The van der Waals surface area contributed by atoms with Gasteiger partial charge in [-0.2, -0.15) is 0 Å². The highest BCUT2D eigenvalue weighted by Crippen LogP contribution is 2.37. The van der Waals surface area contributed by atoms with Crippen LogP contribution in [0, 0.1) is 20.2 Å². The number of nitrogens with one attached hydrogen (secondary N) is 2. The average molecular weight is 585 g/mol. The molecule has 2 aliphatic rings. The smallest absolute Gasteiger partial charge is 0.311 e. The molecular formula is C32H20N6O6. The molecule has 0 aliphatic carbocycles. The number of aromatic hydroxyl groups is 2. The van der Waals surface area contributed by atoms with Crippen LogP contribution in [0.5, 0.6) is 11.5 Å². The van der Waals surface area contributed by atoms with E-state index < -0.39 is 32.7 Å². The molecule has 0 saturated heterocycles. The monoisotopic (exact) mass is 584 g/mol. The lowest BCUT2D eigenvalue weighted by Crippen LogP contribution is -1.91. The van der Waals surface area contributed by atoms with Crippen molar-refractivity contribution < 1.29 is 20.1 Å². The Labute approximate surface area is 247 Å². The molecule has 12 heteroatoms. The van der Waals surface area contributed by atoms with E-state index in [-0.39, 0.29) is 0 Å². The number of nitrogens with zero attached hydrogens (tertiary/aromatic N) is 4. The summed E-state index contributed by atoms with van der Waals surface area (Å²) in [6.07, 6.45) is 7.25. The third kappa shape index (κ3) is 4.61. The van der Waals surface area contributed by atoms with Crippen LogP contribution in [0.15, 0.2) is 72.8 Å². The van der Waals surface area contributed by atoms with Crippen LogP contribution < -0.4 is 0 Å². The molecule has 0 atom stereocenters. The first-order chi connectivity index (χ1) is 21.2. The van der Waals surface area contributed by atoms with Gasteiger partial charge in [-0.1, -0.05) is 12.1 Å². The van der Waals surface area contributed by atoms with E-state index in [1.807, 2.05) is 60.7 Å². The zero-order chi connectivity index (χ0) is 30.5. The first kappa shape index (κ1) is 26.3. The SMILES string of the molecule is O=[N+]([O-])c1cc(-c2c3nc(cc4ccc([nH]4)c(-c4ccc(O)c([N+](=O)[O-])c4)c4nc(cc5ccc2[nH]5)C=C4)C=C3)ccc1O.